The zero-order chi connectivity index (χ0) is 15.3. The monoisotopic (exact) mass is 304 g/mol. The summed E-state index contributed by atoms with van der Waals surface area (Å²) in [5.41, 5.74) is -0.962. The molecule has 21 heavy (non-hydrogen) atoms. The largest absolute Gasteiger partial charge is 0.433 e. The first-order chi connectivity index (χ1) is 9.97. The second-order valence-corrected chi connectivity index (χ2v) is 5.10. The van der Waals surface area contributed by atoms with Crippen molar-refractivity contribution in [1.29, 1.82) is 0 Å². The Kier molecular flexibility index (Phi) is 5.35. The molecular weight excluding hydrogens is 285 g/mol. The molecule has 2 rings (SSSR count). The van der Waals surface area contributed by atoms with Crippen molar-refractivity contribution in [3.63, 3.8) is 0 Å². The van der Waals surface area contributed by atoms with Gasteiger partial charge >= 0.3 is 6.18 Å². The summed E-state index contributed by atoms with van der Waals surface area (Å²) in [6, 6.07) is 0.893. The van der Waals surface area contributed by atoms with Gasteiger partial charge in [0, 0.05) is 25.3 Å². The Morgan fingerprint density at radius 1 is 1.24 bits per heavy atom. The summed E-state index contributed by atoms with van der Waals surface area (Å²) in [5.74, 6) is -0.0455. The number of nitrogens with one attached hydrogen (secondary N) is 2. The van der Waals surface area contributed by atoms with E-state index in [0.717, 1.165) is 37.9 Å². The minimum Gasteiger partial charge on any atom is -0.392 e. The molecule has 1 saturated carbocycles. The van der Waals surface area contributed by atoms with Gasteiger partial charge in [0.1, 0.15) is 5.69 Å². The topological polar surface area (TPSA) is 70.1 Å². The molecule has 0 aromatic carbocycles. The van der Waals surface area contributed by atoms with Crippen molar-refractivity contribution in [2.75, 3.05) is 18.4 Å². The van der Waals surface area contributed by atoms with Crippen LogP contribution in [0.15, 0.2) is 12.3 Å². The van der Waals surface area contributed by atoms with Crippen LogP contribution in [0, 0.1) is 0 Å². The maximum Gasteiger partial charge on any atom is 0.433 e. The summed E-state index contributed by atoms with van der Waals surface area (Å²) in [6.45, 7) is 0.922. The number of rotatable bonds is 5. The van der Waals surface area contributed by atoms with Gasteiger partial charge in [-0.3, -0.25) is 0 Å². The van der Waals surface area contributed by atoms with E-state index in [1.54, 1.807) is 0 Å². The highest BCUT2D eigenvalue weighted by Crippen LogP contribution is 2.27. The molecule has 1 aromatic rings. The van der Waals surface area contributed by atoms with Gasteiger partial charge in [-0.15, -0.1) is 0 Å². The average Bonchev–Trinajstić information content (AvgIpc) is 2.45. The predicted molar refractivity (Wildman–Crippen MR) is 71.8 cm³/mol. The minimum absolute atomic E-state index is 0.0455. The number of hydrogen-bond donors (Lipinski definition) is 3. The van der Waals surface area contributed by atoms with Crippen molar-refractivity contribution in [2.24, 2.45) is 0 Å². The summed E-state index contributed by atoms with van der Waals surface area (Å²) in [6.07, 6.45) is 0.0985. The van der Waals surface area contributed by atoms with Gasteiger partial charge in [0.25, 0.3) is 0 Å². The van der Waals surface area contributed by atoms with E-state index in [2.05, 4.69) is 20.6 Å². The number of halogens is 3. The molecule has 0 bridgehead atoms. The quantitative estimate of drug-likeness (QED) is 0.724. The fourth-order valence-corrected chi connectivity index (χ4v) is 2.38. The van der Waals surface area contributed by atoms with E-state index < -0.39 is 11.9 Å². The molecule has 1 fully saturated rings. The molecule has 2 atom stereocenters. The first kappa shape index (κ1) is 16.0. The smallest absolute Gasteiger partial charge is 0.392 e. The third-order valence-electron chi connectivity index (χ3n) is 3.49. The van der Waals surface area contributed by atoms with Gasteiger partial charge in [0.2, 0.25) is 5.95 Å². The van der Waals surface area contributed by atoms with Crippen molar-refractivity contribution in [3.8, 4) is 0 Å². The van der Waals surface area contributed by atoms with Crippen LogP contribution >= 0.6 is 0 Å². The first-order valence-electron chi connectivity index (χ1n) is 7.02. The van der Waals surface area contributed by atoms with E-state index in [1.165, 1.54) is 0 Å². The van der Waals surface area contributed by atoms with Gasteiger partial charge in [0.15, 0.2) is 0 Å². The molecule has 0 aliphatic heterocycles. The highest BCUT2D eigenvalue weighted by atomic mass is 19.4. The maximum atomic E-state index is 12.5. The summed E-state index contributed by atoms with van der Waals surface area (Å²) in [4.78, 5) is 7.17. The highest BCUT2D eigenvalue weighted by Gasteiger charge is 2.32. The Bertz CT molecular complexity index is 455. The molecule has 0 amide bonds. The van der Waals surface area contributed by atoms with Crippen molar-refractivity contribution >= 4 is 5.95 Å². The van der Waals surface area contributed by atoms with Crippen LogP contribution in [-0.4, -0.2) is 40.3 Å². The molecule has 0 unspecified atom stereocenters. The zero-order valence-electron chi connectivity index (χ0n) is 11.5. The number of aliphatic hydroxyl groups excluding tert-OH is 1. The van der Waals surface area contributed by atoms with E-state index in [0.29, 0.717) is 13.1 Å². The fourth-order valence-electron chi connectivity index (χ4n) is 2.38. The summed E-state index contributed by atoms with van der Waals surface area (Å²) < 4.78 is 37.5. The second-order valence-electron chi connectivity index (χ2n) is 5.10. The lowest BCUT2D eigenvalue weighted by Crippen LogP contribution is -2.43. The van der Waals surface area contributed by atoms with Crippen LogP contribution in [0.5, 0.6) is 0 Å². The number of nitrogens with zero attached hydrogens (tertiary/aromatic N) is 2. The van der Waals surface area contributed by atoms with Crippen LogP contribution in [0.25, 0.3) is 0 Å². The Labute approximate surface area is 121 Å². The first-order valence-corrected chi connectivity index (χ1v) is 7.02. The average molecular weight is 304 g/mol. The lowest BCUT2D eigenvalue weighted by atomic mass is 9.93. The molecule has 1 aliphatic rings. The van der Waals surface area contributed by atoms with E-state index in [4.69, 9.17) is 0 Å². The molecule has 5 nitrogen and oxygen atoms in total. The highest BCUT2D eigenvalue weighted by molar-refractivity contribution is 5.25. The minimum atomic E-state index is -4.47. The number of alkyl halides is 3. The Morgan fingerprint density at radius 3 is 2.71 bits per heavy atom. The summed E-state index contributed by atoms with van der Waals surface area (Å²) in [5, 5.41) is 15.7. The predicted octanol–water partition coefficient (Wildman–Crippen LogP) is 1.80. The van der Waals surface area contributed by atoms with E-state index in [-0.39, 0.29) is 18.1 Å². The lowest BCUT2D eigenvalue weighted by molar-refractivity contribution is -0.141. The SMILES string of the molecule is O[C@@H]1CCCC[C@H]1NCCNc1nccc(C(F)(F)F)n1. The molecule has 0 saturated heterocycles. The molecular formula is C13H19F3N4O. The molecule has 1 aromatic heterocycles. The van der Waals surface area contributed by atoms with Crippen molar-refractivity contribution in [3.05, 3.63) is 18.0 Å². The molecule has 8 heteroatoms. The summed E-state index contributed by atoms with van der Waals surface area (Å²) in [7, 11) is 0. The Morgan fingerprint density at radius 2 is 2.00 bits per heavy atom. The molecule has 118 valence electrons. The molecule has 3 N–H and O–H groups in total. The van der Waals surface area contributed by atoms with Crippen LogP contribution in [-0.2, 0) is 6.18 Å². The van der Waals surface area contributed by atoms with Crippen LogP contribution in [0.4, 0.5) is 19.1 Å². The summed E-state index contributed by atoms with van der Waals surface area (Å²) >= 11 is 0. The Balaban J connectivity index is 1.76. The van der Waals surface area contributed by atoms with E-state index in [1.807, 2.05) is 0 Å². The standard InChI is InChI=1S/C13H19F3N4O/c14-13(15,16)11-5-6-18-12(20-11)19-8-7-17-9-3-1-2-4-10(9)21/h5-6,9-10,17,21H,1-4,7-8H2,(H,18,19,20)/t9-,10-/m1/s1. The maximum absolute atomic E-state index is 12.5. The van der Waals surface area contributed by atoms with Gasteiger partial charge in [-0.1, -0.05) is 12.8 Å². The van der Waals surface area contributed by atoms with Gasteiger partial charge < -0.3 is 15.7 Å². The molecule has 1 aliphatic carbocycles. The number of aliphatic hydroxyl groups is 1. The molecule has 0 radical (unpaired) electrons. The van der Waals surface area contributed by atoms with Gasteiger partial charge in [-0.2, -0.15) is 13.2 Å². The van der Waals surface area contributed by atoms with Crippen molar-refractivity contribution in [1.82, 2.24) is 15.3 Å². The van der Waals surface area contributed by atoms with Gasteiger partial charge in [-0.05, 0) is 18.9 Å². The lowest BCUT2D eigenvalue weighted by Gasteiger charge is -2.28. The van der Waals surface area contributed by atoms with E-state index in [9.17, 15) is 18.3 Å². The van der Waals surface area contributed by atoms with Gasteiger partial charge in [-0.25, -0.2) is 9.97 Å². The second kappa shape index (κ2) is 7.04. The number of anilines is 1. The third kappa shape index (κ3) is 4.82. The van der Waals surface area contributed by atoms with Crippen LogP contribution in [0.2, 0.25) is 0 Å². The molecule has 1 heterocycles. The number of aromatic nitrogens is 2. The van der Waals surface area contributed by atoms with Crippen LogP contribution < -0.4 is 10.6 Å². The normalized spacial score (nSPS) is 23.0. The molecule has 0 spiro atoms. The van der Waals surface area contributed by atoms with Crippen LogP contribution in [0.3, 0.4) is 0 Å². The number of hydrogen-bond acceptors (Lipinski definition) is 5. The fraction of sp³-hybridized carbons (Fsp3) is 0.692. The zero-order valence-corrected chi connectivity index (χ0v) is 11.5. The van der Waals surface area contributed by atoms with Crippen LogP contribution in [0.1, 0.15) is 31.4 Å². The van der Waals surface area contributed by atoms with Crippen molar-refractivity contribution < 1.29 is 18.3 Å². The van der Waals surface area contributed by atoms with Crippen molar-refractivity contribution in [2.45, 2.75) is 44.0 Å². The van der Waals surface area contributed by atoms with Gasteiger partial charge in [0.05, 0.1) is 6.10 Å². The third-order valence-corrected chi connectivity index (χ3v) is 3.49. The Hall–Kier alpha value is -1.41. The van der Waals surface area contributed by atoms with E-state index >= 15 is 0 Å².